The molecule has 6 heteroatoms. The number of rotatable bonds is 4. The summed E-state index contributed by atoms with van der Waals surface area (Å²) in [6.07, 6.45) is 0.261. The molecule has 5 nitrogen and oxygen atoms in total. The van der Waals surface area contributed by atoms with E-state index in [2.05, 4.69) is 10.3 Å². The van der Waals surface area contributed by atoms with Crippen LogP contribution in [0.2, 0.25) is 0 Å². The minimum Gasteiger partial charge on any atom is -0.477 e. The van der Waals surface area contributed by atoms with E-state index in [1.807, 2.05) is 17.5 Å². The number of carbonyl (C=O) groups excluding carboxylic acids is 1. The molecule has 18 heavy (non-hydrogen) atoms. The van der Waals surface area contributed by atoms with Gasteiger partial charge in [-0.15, -0.1) is 11.3 Å². The van der Waals surface area contributed by atoms with Crippen molar-refractivity contribution in [1.29, 1.82) is 0 Å². The number of nitrogens with one attached hydrogen (secondary N) is 1. The normalized spacial score (nSPS) is 10.0. The first-order chi connectivity index (χ1) is 8.65. The van der Waals surface area contributed by atoms with E-state index in [9.17, 15) is 9.59 Å². The molecule has 1 amide bonds. The Bertz CT molecular complexity index is 566. The Morgan fingerprint density at radius 1 is 1.28 bits per heavy atom. The van der Waals surface area contributed by atoms with Crippen molar-refractivity contribution in [2.24, 2.45) is 0 Å². The molecule has 0 aliphatic carbocycles. The summed E-state index contributed by atoms with van der Waals surface area (Å²) in [7, 11) is 0. The molecular formula is C12H10N2O3S. The predicted molar refractivity (Wildman–Crippen MR) is 67.8 cm³/mol. The Balaban J connectivity index is 2.03. The summed E-state index contributed by atoms with van der Waals surface area (Å²) in [5.74, 6) is -1.09. The number of carboxylic acid groups (broad SMARTS) is 1. The molecule has 92 valence electrons. The second-order valence-electron chi connectivity index (χ2n) is 3.52. The Morgan fingerprint density at radius 3 is 2.78 bits per heavy atom. The average Bonchev–Trinajstić information content (AvgIpc) is 2.82. The van der Waals surface area contributed by atoms with Crippen molar-refractivity contribution in [3.63, 3.8) is 0 Å². The van der Waals surface area contributed by atoms with Gasteiger partial charge in [-0.2, -0.15) is 0 Å². The van der Waals surface area contributed by atoms with E-state index in [1.54, 1.807) is 6.07 Å². The Kier molecular flexibility index (Phi) is 3.69. The summed E-state index contributed by atoms with van der Waals surface area (Å²) < 4.78 is 0. The molecule has 0 spiro atoms. The molecule has 0 aliphatic heterocycles. The largest absolute Gasteiger partial charge is 0.477 e. The molecular weight excluding hydrogens is 252 g/mol. The quantitative estimate of drug-likeness (QED) is 0.883. The van der Waals surface area contributed by atoms with Gasteiger partial charge < -0.3 is 10.4 Å². The molecule has 0 bridgehead atoms. The maximum absolute atomic E-state index is 11.7. The second kappa shape index (κ2) is 5.42. The van der Waals surface area contributed by atoms with Crippen molar-refractivity contribution < 1.29 is 14.7 Å². The number of aromatic nitrogens is 1. The van der Waals surface area contributed by atoms with E-state index in [4.69, 9.17) is 5.11 Å². The number of aromatic carboxylic acids is 1. The fourth-order valence-electron chi connectivity index (χ4n) is 1.38. The number of carbonyl (C=O) groups is 2. The van der Waals surface area contributed by atoms with E-state index in [1.165, 1.54) is 23.5 Å². The van der Waals surface area contributed by atoms with Gasteiger partial charge in [0.1, 0.15) is 5.82 Å². The highest BCUT2D eigenvalue weighted by Crippen LogP contribution is 2.11. The second-order valence-corrected chi connectivity index (χ2v) is 4.55. The highest BCUT2D eigenvalue weighted by Gasteiger charge is 2.08. The molecule has 2 heterocycles. The maximum Gasteiger partial charge on any atom is 0.354 e. The van der Waals surface area contributed by atoms with Crippen molar-refractivity contribution in [3.05, 3.63) is 46.3 Å². The van der Waals surface area contributed by atoms with Crippen LogP contribution in [-0.2, 0) is 11.2 Å². The number of anilines is 1. The number of pyridine rings is 1. The van der Waals surface area contributed by atoms with Crippen LogP contribution in [0.4, 0.5) is 5.82 Å². The number of thiophene rings is 1. The highest BCUT2D eigenvalue weighted by atomic mass is 32.1. The molecule has 0 saturated carbocycles. The van der Waals surface area contributed by atoms with Gasteiger partial charge in [0.05, 0.1) is 6.42 Å². The molecule has 0 aliphatic rings. The summed E-state index contributed by atoms with van der Waals surface area (Å²) >= 11 is 1.49. The van der Waals surface area contributed by atoms with Gasteiger partial charge in [0.15, 0.2) is 5.69 Å². The summed E-state index contributed by atoms with van der Waals surface area (Å²) in [5.41, 5.74) is -0.0936. The third-order valence-electron chi connectivity index (χ3n) is 2.15. The number of nitrogens with zero attached hydrogens (tertiary/aromatic N) is 1. The van der Waals surface area contributed by atoms with Crippen molar-refractivity contribution in [2.45, 2.75) is 6.42 Å². The molecule has 0 radical (unpaired) electrons. The van der Waals surface area contributed by atoms with Crippen LogP contribution in [0.15, 0.2) is 35.7 Å². The van der Waals surface area contributed by atoms with Gasteiger partial charge in [-0.3, -0.25) is 4.79 Å². The SMILES string of the molecule is O=C(Cc1cccs1)Nc1cccc(C(=O)O)n1. The lowest BCUT2D eigenvalue weighted by atomic mass is 10.3. The summed E-state index contributed by atoms with van der Waals surface area (Å²) in [4.78, 5) is 27.2. The number of hydrogen-bond donors (Lipinski definition) is 2. The first-order valence-corrected chi connectivity index (χ1v) is 6.06. The molecule has 2 rings (SSSR count). The third-order valence-corrected chi connectivity index (χ3v) is 3.03. The van der Waals surface area contributed by atoms with Crippen LogP contribution in [-0.4, -0.2) is 22.0 Å². The van der Waals surface area contributed by atoms with Crippen LogP contribution in [0, 0.1) is 0 Å². The van der Waals surface area contributed by atoms with E-state index in [0.717, 1.165) is 4.88 Å². The fourth-order valence-corrected chi connectivity index (χ4v) is 2.09. The van der Waals surface area contributed by atoms with E-state index < -0.39 is 5.97 Å². The summed E-state index contributed by atoms with van der Waals surface area (Å²) in [6, 6.07) is 8.20. The van der Waals surface area contributed by atoms with Gasteiger partial charge in [-0.05, 0) is 23.6 Å². The van der Waals surface area contributed by atoms with E-state index in [-0.39, 0.29) is 23.8 Å². The summed E-state index contributed by atoms with van der Waals surface area (Å²) in [6.45, 7) is 0. The first kappa shape index (κ1) is 12.3. The number of carboxylic acids is 1. The molecule has 0 saturated heterocycles. The zero-order valence-electron chi connectivity index (χ0n) is 9.29. The van der Waals surface area contributed by atoms with Crippen LogP contribution in [0.3, 0.4) is 0 Å². The number of hydrogen-bond acceptors (Lipinski definition) is 4. The Hall–Kier alpha value is -2.21. The van der Waals surface area contributed by atoms with Crippen molar-refractivity contribution in [3.8, 4) is 0 Å². The highest BCUT2D eigenvalue weighted by molar-refractivity contribution is 7.10. The van der Waals surface area contributed by atoms with Gasteiger partial charge in [-0.25, -0.2) is 9.78 Å². The molecule has 0 aromatic carbocycles. The van der Waals surface area contributed by atoms with Crippen LogP contribution in [0.5, 0.6) is 0 Å². The maximum atomic E-state index is 11.7. The van der Waals surface area contributed by atoms with Gasteiger partial charge in [0.2, 0.25) is 5.91 Å². The topological polar surface area (TPSA) is 79.3 Å². The standard InChI is InChI=1S/C12H10N2O3S/c15-11(7-8-3-2-6-18-8)14-10-5-1-4-9(13-10)12(16)17/h1-6H,7H2,(H,16,17)(H,13,14,15). The lowest BCUT2D eigenvalue weighted by Crippen LogP contribution is -2.15. The average molecular weight is 262 g/mol. The van der Waals surface area contributed by atoms with Gasteiger partial charge in [0, 0.05) is 4.88 Å². The van der Waals surface area contributed by atoms with Crippen molar-refractivity contribution >= 4 is 29.0 Å². The van der Waals surface area contributed by atoms with Crippen molar-refractivity contribution in [1.82, 2.24) is 4.98 Å². The molecule has 2 aromatic rings. The molecule has 2 N–H and O–H groups in total. The van der Waals surface area contributed by atoms with Crippen LogP contribution < -0.4 is 5.32 Å². The molecule has 2 aromatic heterocycles. The van der Waals surface area contributed by atoms with Gasteiger partial charge >= 0.3 is 5.97 Å². The predicted octanol–water partition coefficient (Wildman–Crippen LogP) is 2.02. The minimum atomic E-state index is -1.12. The lowest BCUT2D eigenvalue weighted by molar-refractivity contribution is -0.115. The Labute approximate surface area is 107 Å². The summed E-state index contributed by atoms with van der Waals surface area (Å²) in [5, 5.41) is 13.2. The van der Waals surface area contributed by atoms with Crippen LogP contribution in [0.1, 0.15) is 15.4 Å². The van der Waals surface area contributed by atoms with Gasteiger partial charge in [-0.1, -0.05) is 12.1 Å². The smallest absolute Gasteiger partial charge is 0.354 e. The Morgan fingerprint density at radius 2 is 2.11 bits per heavy atom. The first-order valence-electron chi connectivity index (χ1n) is 5.18. The van der Waals surface area contributed by atoms with E-state index >= 15 is 0 Å². The zero-order valence-corrected chi connectivity index (χ0v) is 10.1. The van der Waals surface area contributed by atoms with Crippen LogP contribution in [0.25, 0.3) is 0 Å². The third kappa shape index (κ3) is 3.14. The van der Waals surface area contributed by atoms with E-state index in [0.29, 0.717) is 0 Å². The molecule has 0 atom stereocenters. The van der Waals surface area contributed by atoms with Crippen LogP contribution >= 0.6 is 11.3 Å². The lowest BCUT2D eigenvalue weighted by Gasteiger charge is -2.03. The van der Waals surface area contributed by atoms with Gasteiger partial charge in [0.25, 0.3) is 0 Å². The molecule has 0 unspecified atom stereocenters. The zero-order chi connectivity index (χ0) is 13.0. The monoisotopic (exact) mass is 262 g/mol. The fraction of sp³-hybridized carbons (Fsp3) is 0.0833. The van der Waals surface area contributed by atoms with Crippen molar-refractivity contribution in [2.75, 3.05) is 5.32 Å². The molecule has 0 fully saturated rings. The number of amides is 1. The minimum absolute atomic E-state index is 0.0936.